The van der Waals surface area contributed by atoms with E-state index in [1.54, 1.807) is 54.6 Å². The third kappa shape index (κ3) is 4.56. The highest BCUT2D eigenvalue weighted by atomic mass is 19.1. The van der Waals surface area contributed by atoms with Gasteiger partial charge in [-0.2, -0.15) is 10.2 Å². The van der Waals surface area contributed by atoms with E-state index in [4.69, 9.17) is 9.68 Å². The molecular weight excluding hydrogens is 461 g/mol. The second kappa shape index (κ2) is 9.62. The Hall–Kier alpha value is -4.51. The predicted molar refractivity (Wildman–Crippen MR) is 131 cm³/mol. The molecular formula is C28H22FN3O4. The number of carbonyl (C=O) groups excluding carboxylic acids is 1. The van der Waals surface area contributed by atoms with Gasteiger partial charge in [0.05, 0.1) is 23.2 Å². The Kier molecular flexibility index (Phi) is 6.21. The molecule has 7 nitrogen and oxygen atoms in total. The molecule has 2 atom stereocenters. The molecule has 1 saturated carbocycles. The Morgan fingerprint density at radius 2 is 1.72 bits per heavy atom. The standard InChI is InChI=1S/C28H22FN3O4/c29-22-14-19(10-12-23(22)31-28-32-24-11-5-16(15-30)13-25(24)36-28)17-6-8-18(9-7-17)26(33)20-3-1-2-4-21(20)27(34)35/h5-14,20-21H,1-4H2,(H,31,32)(H,34,35)/t20-,21-/m0/s1. The average molecular weight is 483 g/mol. The van der Waals surface area contributed by atoms with Crippen molar-refractivity contribution in [2.45, 2.75) is 25.7 Å². The number of nitrogens with one attached hydrogen (secondary N) is 1. The molecule has 3 aromatic carbocycles. The topological polar surface area (TPSA) is 116 Å². The van der Waals surface area contributed by atoms with Crippen LogP contribution in [0.3, 0.4) is 0 Å². The minimum atomic E-state index is -0.918. The molecule has 1 fully saturated rings. The molecule has 5 rings (SSSR count). The molecule has 180 valence electrons. The SMILES string of the molecule is N#Cc1ccc2nc(Nc3ccc(-c4ccc(C(=O)[C@H]5CCCC[C@@H]5C(=O)O)cc4)cc3F)oc2c1. The minimum Gasteiger partial charge on any atom is -0.481 e. The number of Topliss-reactive ketones (excluding diaryl/α,β-unsaturated/α-hetero) is 1. The lowest BCUT2D eigenvalue weighted by molar-refractivity contribution is -0.144. The first-order valence-electron chi connectivity index (χ1n) is 11.7. The van der Waals surface area contributed by atoms with Crippen molar-refractivity contribution >= 4 is 34.6 Å². The first kappa shape index (κ1) is 23.2. The highest BCUT2D eigenvalue weighted by Gasteiger charge is 2.35. The fraction of sp³-hybridized carbons (Fsp3) is 0.214. The molecule has 36 heavy (non-hydrogen) atoms. The number of benzene rings is 3. The van der Waals surface area contributed by atoms with Crippen LogP contribution in [0.25, 0.3) is 22.2 Å². The second-order valence-electron chi connectivity index (χ2n) is 8.91. The number of nitriles is 1. The molecule has 1 aliphatic carbocycles. The summed E-state index contributed by atoms with van der Waals surface area (Å²) in [4.78, 5) is 28.8. The monoisotopic (exact) mass is 483 g/mol. The number of anilines is 2. The third-order valence-electron chi connectivity index (χ3n) is 6.65. The normalized spacial score (nSPS) is 17.4. The van der Waals surface area contributed by atoms with Crippen LogP contribution in [0.5, 0.6) is 0 Å². The molecule has 0 amide bonds. The van der Waals surface area contributed by atoms with E-state index in [0.29, 0.717) is 40.6 Å². The smallest absolute Gasteiger partial charge is 0.307 e. The fourth-order valence-electron chi connectivity index (χ4n) is 4.74. The summed E-state index contributed by atoms with van der Waals surface area (Å²) in [6.45, 7) is 0. The Morgan fingerprint density at radius 1 is 1.00 bits per heavy atom. The summed E-state index contributed by atoms with van der Waals surface area (Å²) < 4.78 is 20.5. The summed E-state index contributed by atoms with van der Waals surface area (Å²) in [5.41, 5.74) is 3.39. The van der Waals surface area contributed by atoms with Gasteiger partial charge in [-0.25, -0.2) is 4.39 Å². The maximum atomic E-state index is 14.9. The van der Waals surface area contributed by atoms with Crippen molar-refractivity contribution in [3.05, 3.63) is 77.6 Å². The molecule has 0 unspecified atom stereocenters. The summed E-state index contributed by atoms with van der Waals surface area (Å²) in [6, 6.07) is 18.5. The third-order valence-corrected chi connectivity index (χ3v) is 6.65. The quantitative estimate of drug-likeness (QED) is 0.308. The summed E-state index contributed by atoms with van der Waals surface area (Å²) in [5.74, 6) is -2.74. The Morgan fingerprint density at radius 3 is 2.42 bits per heavy atom. The number of carbonyl (C=O) groups is 2. The highest BCUT2D eigenvalue weighted by Crippen LogP contribution is 2.34. The van der Waals surface area contributed by atoms with E-state index in [2.05, 4.69) is 10.3 Å². The van der Waals surface area contributed by atoms with Crippen molar-refractivity contribution in [1.82, 2.24) is 4.98 Å². The van der Waals surface area contributed by atoms with Crippen LogP contribution in [-0.4, -0.2) is 21.8 Å². The van der Waals surface area contributed by atoms with Crippen LogP contribution in [0.15, 0.2) is 65.1 Å². The number of carboxylic acid groups (broad SMARTS) is 1. The number of nitrogens with zero attached hydrogens (tertiary/aromatic N) is 2. The van der Waals surface area contributed by atoms with Gasteiger partial charge in [0, 0.05) is 17.5 Å². The van der Waals surface area contributed by atoms with Crippen molar-refractivity contribution < 1.29 is 23.5 Å². The Balaban J connectivity index is 1.32. The average Bonchev–Trinajstić information content (AvgIpc) is 3.31. The number of hydrogen-bond donors (Lipinski definition) is 2. The van der Waals surface area contributed by atoms with Crippen LogP contribution < -0.4 is 5.32 Å². The molecule has 0 saturated heterocycles. The van der Waals surface area contributed by atoms with Gasteiger partial charge in [0.2, 0.25) is 0 Å². The van der Waals surface area contributed by atoms with Gasteiger partial charge >= 0.3 is 5.97 Å². The summed E-state index contributed by atoms with van der Waals surface area (Å²) in [5, 5.41) is 21.3. The largest absolute Gasteiger partial charge is 0.481 e. The van der Waals surface area contributed by atoms with Crippen molar-refractivity contribution in [1.29, 1.82) is 5.26 Å². The van der Waals surface area contributed by atoms with Crippen LogP contribution >= 0.6 is 0 Å². The zero-order chi connectivity index (χ0) is 25.2. The van der Waals surface area contributed by atoms with Crippen LogP contribution in [-0.2, 0) is 4.79 Å². The number of ketones is 1. The van der Waals surface area contributed by atoms with Gasteiger partial charge in [0.15, 0.2) is 11.4 Å². The van der Waals surface area contributed by atoms with Gasteiger partial charge in [0.1, 0.15) is 11.3 Å². The number of carboxylic acids is 1. The van der Waals surface area contributed by atoms with E-state index in [0.717, 1.165) is 18.4 Å². The molecule has 0 bridgehead atoms. The second-order valence-corrected chi connectivity index (χ2v) is 8.91. The van der Waals surface area contributed by atoms with Crippen molar-refractivity contribution in [3.8, 4) is 17.2 Å². The molecule has 1 aromatic heterocycles. The van der Waals surface area contributed by atoms with Crippen molar-refractivity contribution in [3.63, 3.8) is 0 Å². The van der Waals surface area contributed by atoms with Crippen molar-refractivity contribution in [2.75, 3.05) is 5.32 Å². The summed E-state index contributed by atoms with van der Waals surface area (Å²) >= 11 is 0. The molecule has 4 aromatic rings. The van der Waals surface area contributed by atoms with Crippen LogP contribution in [0.4, 0.5) is 16.1 Å². The van der Waals surface area contributed by atoms with Crippen LogP contribution in [0, 0.1) is 29.0 Å². The molecule has 0 spiro atoms. The lowest BCUT2D eigenvalue weighted by Gasteiger charge is -2.27. The molecule has 8 heteroatoms. The maximum absolute atomic E-state index is 14.9. The van der Waals surface area contributed by atoms with Gasteiger partial charge < -0.3 is 14.8 Å². The lowest BCUT2D eigenvalue weighted by atomic mass is 9.75. The Bertz CT molecular complexity index is 1500. The van der Waals surface area contributed by atoms with Gasteiger partial charge in [-0.1, -0.05) is 43.2 Å². The fourth-order valence-corrected chi connectivity index (χ4v) is 4.74. The van der Waals surface area contributed by atoms with Crippen LogP contribution in [0.2, 0.25) is 0 Å². The number of rotatable bonds is 6. The molecule has 0 aliphatic heterocycles. The zero-order valence-electron chi connectivity index (χ0n) is 19.2. The molecule has 1 heterocycles. The zero-order valence-corrected chi connectivity index (χ0v) is 19.2. The number of aromatic nitrogens is 1. The predicted octanol–water partition coefficient (Wildman–Crippen LogP) is 6.32. The number of aliphatic carboxylic acids is 1. The van der Waals surface area contributed by atoms with E-state index in [1.165, 1.54) is 6.07 Å². The van der Waals surface area contributed by atoms with Gasteiger partial charge in [-0.3, -0.25) is 9.59 Å². The van der Waals surface area contributed by atoms with E-state index < -0.39 is 23.6 Å². The molecule has 0 radical (unpaired) electrons. The van der Waals surface area contributed by atoms with E-state index >= 15 is 0 Å². The van der Waals surface area contributed by atoms with Gasteiger partial charge in [0.25, 0.3) is 6.01 Å². The molecule has 1 aliphatic rings. The lowest BCUT2D eigenvalue weighted by Crippen LogP contribution is -2.32. The van der Waals surface area contributed by atoms with E-state index in [-0.39, 0.29) is 17.5 Å². The molecule has 2 N–H and O–H groups in total. The number of hydrogen-bond acceptors (Lipinski definition) is 6. The minimum absolute atomic E-state index is 0.108. The first-order valence-corrected chi connectivity index (χ1v) is 11.7. The number of oxazole rings is 1. The highest BCUT2D eigenvalue weighted by molar-refractivity contribution is 6.00. The van der Waals surface area contributed by atoms with E-state index in [1.807, 2.05) is 6.07 Å². The van der Waals surface area contributed by atoms with Gasteiger partial charge in [-0.05, 0) is 48.2 Å². The summed E-state index contributed by atoms with van der Waals surface area (Å²) in [7, 11) is 0. The maximum Gasteiger partial charge on any atom is 0.307 e. The number of fused-ring (bicyclic) bond motifs is 1. The summed E-state index contributed by atoms with van der Waals surface area (Å²) in [6.07, 6.45) is 2.78. The van der Waals surface area contributed by atoms with Gasteiger partial charge in [-0.15, -0.1) is 0 Å². The Labute approximate surface area is 206 Å². The van der Waals surface area contributed by atoms with Crippen molar-refractivity contribution in [2.24, 2.45) is 11.8 Å². The number of halogens is 1. The van der Waals surface area contributed by atoms with Crippen LogP contribution in [0.1, 0.15) is 41.6 Å². The first-order chi connectivity index (χ1) is 17.4. The van der Waals surface area contributed by atoms with E-state index in [9.17, 15) is 19.1 Å².